The second-order valence-corrected chi connectivity index (χ2v) is 7.08. The third kappa shape index (κ3) is 5.37. The van der Waals surface area contributed by atoms with E-state index in [-0.39, 0.29) is 10.1 Å². The van der Waals surface area contributed by atoms with Crippen molar-refractivity contribution in [2.45, 2.75) is 25.2 Å². The van der Waals surface area contributed by atoms with Gasteiger partial charge in [0, 0.05) is 17.0 Å². The fraction of sp³-hybridized carbons (Fsp3) is 0.150. The van der Waals surface area contributed by atoms with E-state index in [0.29, 0.717) is 35.3 Å². The molecule has 0 bridgehead atoms. The van der Waals surface area contributed by atoms with E-state index in [4.69, 9.17) is 20.8 Å². The first-order valence-corrected chi connectivity index (χ1v) is 9.66. The van der Waals surface area contributed by atoms with Gasteiger partial charge in [-0.25, -0.2) is 4.79 Å². The summed E-state index contributed by atoms with van der Waals surface area (Å²) < 4.78 is 11.1. The molecule has 0 saturated carbocycles. The fourth-order valence-corrected chi connectivity index (χ4v) is 3.12. The molecule has 144 valence electrons. The average Bonchev–Trinajstić information content (AvgIpc) is 3.15. The first-order chi connectivity index (χ1) is 13.5. The van der Waals surface area contributed by atoms with Crippen LogP contribution in [0.3, 0.4) is 0 Å². The Labute approximate surface area is 171 Å². The highest BCUT2D eigenvalue weighted by Crippen LogP contribution is 2.28. The number of ether oxygens (including phenoxy) is 1. The topological polar surface area (TPSA) is 85.5 Å². The Balaban J connectivity index is 1.68. The molecule has 0 aliphatic rings. The lowest BCUT2D eigenvalue weighted by Crippen LogP contribution is -1.97. The Morgan fingerprint density at radius 3 is 2.61 bits per heavy atom. The maximum atomic E-state index is 11.5. The summed E-state index contributed by atoms with van der Waals surface area (Å²) in [5, 5.41) is 18.0. The molecule has 1 heterocycles. The van der Waals surface area contributed by atoms with Crippen LogP contribution >= 0.6 is 23.4 Å². The Bertz CT molecular complexity index is 986. The molecule has 3 rings (SSSR count). The predicted molar refractivity (Wildman–Crippen MR) is 107 cm³/mol. The lowest BCUT2D eigenvalue weighted by molar-refractivity contribution is -0.131. The largest absolute Gasteiger partial charge is 0.489 e. The summed E-state index contributed by atoms with van der Waals surface area (Å²) in [5.74, 6) is 0.0543. The molecule has 6 nitrogen and oxygen atoms in total. The molecule has 0 amide bonds. The molecule has 8 heteroatoms. The minimum atomic E-state index is -1.07. The Hall–Kier alpha value is -2.77. The molecule has 3 aromatic rings. The van der Waals surface area contributed by atoms with Crippen LogP contribution in [0.5, 0.6) is 5.75 Å². The number of aryl methyl sites for hydroxylation is 1. The van der Waals surface area contributed by atoms with Crippen molar-refractivity contribution < 1.29 is 19.1 Å². The fourth-order valence-electron chi connectivity index (χ4n) is 2.24. The SMILES string of the molecule is CCc1nnc(S/C(=C\c2ccc(OCc3ccccc3Cl)cc2)C(=O)O)o1. The van der Waals surface area contributed by atoms with Crippen molar-refractivity contribution in [2.75, 3.05) is 0 Å². The Morgan fingerprint density at radius 1 is 1.21 bits per heavy atom. The van der Waals surface area contributed by atoms with Gasteiger partial charge in [-0.1, -0.05) is 48.9 Å². The lowest BCUT2D eigenvalue weighted by Gasteiger charge is -2.08. The smallest absolute Gasteiger partial charge is 0.342 e. The number of aromatic nitrogens is 2. The minimum Gasteiger partial charge on any atom is -0.489 e. The van der Waals surface area contributed by atoms with E-state index in [9.17, 15) is 9.90 Å². The van der Waals surface area contributed by atoms with E-state index in [1.165, 1.54) is 0 Å². The van der Waals surface area contributed by atoms with Gasteiger partial charge in [-0.3, -0.25) is 0 Å². The predicted octanol–water partition coefficient (Wildman–Crippen LogP) is 5.08. The molecule has 1 N–H and O–H groups in total. The number of nitrogens with zero attached hydrogens (tertiary/aromatic N) is 2. The summed E-state index contributed by atoms with van der Waals surface area (Å²) in [6.07, 6.45) is 2.13. The zero-order valence-corrected chi connectivity index (χ0v) is 16.5. The van der Waals surface area contributed by atoms with Crippen LogP contribution in [0.25, 0.3) is 6.08 Å². The highest BCUT2D eigenvalue weighted by molar-refractivity contribution is 8.03. The number of carboxylic acids is 1. The van der Waals surface area contributed by atoms with Gasteiger partial charge in [0.2, 0.25) is 5.89 Å². The molecule has 0 fully saturated rings. The Morgan fingerprint density at radius 2 is 1.96 bits per heavy atom. The van der Waals surface area contributed by atoms with Crippen LogP contribution in [-0.4, -0.2) is 21.3 Å². The van der Waals surface area contributed by atoms with E-state index in [0.717, 1.165) is 17.3 Å². The summed E-state index contributed by atoms with van der Waals surface area (Å²) in [6, 6.07) is 14.6. The summed E-state index contributed by atoms with van der Waals surface area (Å²) in [5.41, 5.74) is 1.61. The normalized spacial score (nSPS) is 11.4. The Kier molecular flexibility index (Phi) is 6.73. The van der Waals surface area contributed by atoms with Crippen LogP contribution in [-0.2, 0) is 17.8 Å². The number of rotatable bonds is 8. The zero-order valence-electron chi connectivity index (χ0n) is 15.0. The number of benzene rings is 2. The second-order valence-electron chi connectivity index (χ2n) is 5.68. The third-order valence-corrected chi connectivity index (χ3v) is 4.91. The van der Waals surface area contributed by atoms with Crippen molar-refractivity contribution >= 4 is 35.4 Å². The van der Waals surface area contributed by atoms with E-state index in [2.05, 4.69) is 10.2 Å². The molecule has 1 aromatic heterocycles. The van der Waals surface area contributed by atoms with E-state index >= 15 is 0 Å². The van der Waals surface area contributed by atoms with Crippen molar-refractivity contribution in [1.29, 1.82) is 0 Å². The van der Waals surface area contributed by atoms with Gasteiger partial charge >= 0.3 is 5.97 Å². The van der Waals surface area contributed by atoms with Gasteiger partial charge in [0.05, 0.1) is 0 Å². The van der Waals surface area contributed by atoms with Gasteiger partial charge in [-0.15, -0.1) is 10.2 Å². The van der Waals surface area contributed by atoms with Crippen molar-refractivity contribution in [3.05, 3.63) is 75.5 Å². The van der Waals surface area contributed by atoms with Crippen molar-refractivity contribution in [3.8, 4) is 5.75 Å². The molecular formula is C20H17ClN2O4S. The molecule has 0 unspecified atom stereocenters. The molecule has 2 aromatic carbocycles. The van der Waals surface area contributed by atoms with Crippen LogP contribution in [0.1, 0.15) is 23.9 Å². The molecule has 0 saturated heterocycles. The van der Waals surface area contributed by atoms with Gasteiger partial charge in [0.25, 0.3) is 5.22 Å². The van der Waals surface area contributed by atoms with Crippen molar-refractivity contribution in [2.24, 2.45) is 0 Å². The first kappa shape index (κ1) is 20.0. The number of carboxylic acid groups (broad SMARTS) is 1. The average molecular weight is 417 g/mol. The monoisotopic (exact) mass is 416 g/mol. The number of thioether (sulfide) groups is 1. The minimum absolute atomic E-state index is 0.0797. The van der Waals surface area contributed by atoms with Gasteiger partial charge in [-0.05, 0) is 41.6 Å². The highest BCUT2D eigenvalue weighted by atomic mass is 35.5. The van der Waals surface area contributed by atoms with Crippen molar-refractivity contribution in [1.82, 2.24) is 10.2 Å². The summed E-state index contributed by atoms with van der Waals surface area (Å²) in [7, 11) is 0. The first-order valence-electron chi connectivity index (χ1n) is 8.46. The van der Waals surface area contributed by atoms with Gasteiger partial charge in [-0.2, -0.15) is 0 Å². The molecule has 0 radical (unpaired) electrons. The van der Waals surface area contributed by atoms with E-state index in [1.807, 2.05) is 31.2 Å². The van der Waals surface area contributed by atoms with Crippen LogP contribution in [0.15, 0.2) is 63.1 Å². The third-order valence-electron chi connectivity index (χ3n) is 3.69. The van der Waals surface area contributed by atoms with Crippen LogP contribution in [0, 0.1) is 0 Å². The molecular weight excluding hydrogens is 400 g/mol. The van der Waals surface area contributed by atoms with Gasteiger partial charge in [0.1, 0.15) is 17.3 Å². The maximum absolute atomic E-state index is 11.5. The number of halogens is 1. The lowest BCUT2D eigenvalue weighted by atomic mass is 10.2. The summed E-state index contributed by atoms with van der Waals surface area (Å²) >= 11 is 7.03. The zero-order chi connectivity index (χ0) is 19.9. The molecule has 0 aliphatic heterocycles. The maximum Gasteiger partial charge on any atom is 0.342 e. The summed E-state index contributed by atoms with van der Waals surface area (Å²) in [6.45, 7) is 2.23. The molecule has 0 aliphatic carbocycles. The molecule has 0 spiro atoms. The highest BCUT2D eigenvalue weighted by Gasteiger charge is 2.14. The molecule has 0 atom stereocenters. The van der Waals surface area contributed by atoms with Crippen LogP contribution in [0.2, 0.25) is 5.02 Å². The van der Waals surface area contributed by atoms with Gasteiger partial charge < -0.3 is 14.3 Å². The molecule has 28 heavy (non-hydrogen) atoms. The van der Waals surface area contributed by atoms with Crippen LogP contribution < -0.4 is 4.74 Å². The standard InChI is InChI=1S/C20H17ClN2O4S/c1-2-18-22-23-20(27-18)28-17(19(24)25)11-13-7-9-15(10-8-13)26-12-14-5-3-4-6-16(14)21/h3-11H,2,12H2,1H3,(H,24,25)/b17-11-. The number of hydrogen-bond acceptors (Lipinski definition) is 6. The van der Waals surface area contributed by atoms with E-state index < -0.39 is 5.97 Å². The van der Waals surface area contributed by atoms with Crippen molar-refractivity contribution in [3.63, 3.8) is 0 Å². The van der Waals surface area contributed by atoms with Crippen LogP contribution in [0.4, 0.5) is 0 Å². The summed E-state index contributed by atoms with van der Waals surface area (Å²) in [4.78, 5) is 11.6. The van der Waals surface area contributed by atoms with E-state index in [1.54, 1.807) is 30.3 Å². The quantitative estimate of drug-likeness (QED) is 0.404. The number of carbonyl (C=O) groups is 1. The van der Waals surface area contributed by atoms with Gasteiger partial charge in [0.15, 0.2) is 0 Å². The number of hydrogen-bond donors (Lipinski definition) is 1. The second kappa shape index (κ2) is 9.43. The number of aliphatic carboxylic acids is 1.